The second-order valence-electron chi connectivity index (χ2n) is 14.9. The maximum absolute atomic E-state index is 13.3. The summed E-state index contributed by atoms with van der Waals surface area (Å²) >= 11 is 6.99. The first kappa shape index (κ1) is 43.2. The molecule has 6 aromatic carbocycles. The number of fused-ring (bicyclic) bond motifs is 9. The second-order valence-corrected chi connectivity index (χ2v) is 16.6. The predicted octanol–water partition coefficient (Wildman–Crippen LogP) is 11.9. The van der Waals surface area contributed by atoms with Crippen molar-refractivity contribution in [1.82, 2.24) is 0 Å². The zero-order chi connectivity index (χ0) is 41.7. The molecule has 0 aromatic heterocycles. The molecule has 0 fully saturated rings. The third-order valence-corrected chi connectivity index (χ3v) is 11.1. The summed E-state index contributed by atoms with van der Waals surface area (Å²) in [6, 6.07) is 14.5. The van der Waals surface area contributed by atoms with Crippen molar-refractivity contribution >= 4 is 97.7 Å². The number of esters is 2. The van der Waals surface area contributed by atoms with Crippen LogP contribution in [0.4, 0.5) is 0 Å². The summed E-state index contributed by atoms with van der Waals surface area (Å²) < 4.78 is 37.4. The molecule has 6 rings (SSSR count). The molecule has 58 heavy (non-hydrogen) atoms. The van der Waals surface area contributed by atoms with Gasteiger partial charge in [-0.2, -0.15) is 0 Å². The van der Waals surface area contributed by atoms with Gasteiger partial charge in [0.05, 0.1) is 34.0 Å². The summed E-state index contributed by atoms with van der Waals surface area (Å²) in [5.41, 5.74) is 0. The van der Waals surface area contributed by atoms with Gasteiger partial charge < -0.3 is 38.6 Å². The van der Waals surface area contributed by atoms with Gasteiger partial charge in [-0.15, -0.1) is 0 Å². The van der Waals surface area contributed by atoms with Crippen molar-refractivity contribution in [2.75, 3.05) is 39.6 Å². The van der Waals surface area contributed by atoms with Crippen LogP contribution in [0.15, 0.2) is 57.5 Å². The lowest BCUT2D eigenvalue weighted by molar-refractivity contribution is -0.138. The van der Waals surface area contributed by atoms with Crippen molar-refractivity contribution in [1.29, 1.82) is 0 Å². The Balaban J connectivity index is 1.78. The summed E-state index contributed by atoms with van der Waals surface area (Å²) in [5.74, 6) is -0.586. The molecule has 0 saturated carbocycles. The number of ether oxygens (including phenoxy) is 6. The van der Waals surface area contributed by atoms with Crippen LogP contribution in [-0.2, 0) is 19.1 Å². The molecular weight excluding hydrogens is 872 g/mol. The van der Waals surface area contributed by atoms with E-state index in [1.807, 2.05) is 24.3 Å². The maximum atomic E-state index is 13.3. The molecule has 0 radical (unpaired) electrons. The molecule has 0 bridgehead atoms. The van der Waals surface area contributed by atoms with Crippen LogP contribution in [0.25, 0.3) is 53.9 Å². The molecule has 10 nitrogen and oxygen atoms in total. The van der Waals surface area contributed by atoms with Crippen LogP contribution in [0.3, 0.4) is 0 Å². The summed E-state index contributed by atoms with van der Waals surface area (Å²) in [7, 11) is 0. The lowest BCUT2D eigenvalue weighted by Gasteiger charge is -2.21. The first-order valence-corrected chi connectivity index (χ1v) is 21.5. The van der Waals surface area contributed by atoms with Crippen molar-refractivity contribution < 1.29 is 48.2 Å². The zero-order valence-electron chi connectivity index (χ0n) is 33.8. The summed E-state index contributed by atoms with van der Waals surface area (Å²) in [6.07, 6.45) is 3.89. The quantitative estimate of drug-likeness (QED) is 0.0372. The Hall–Kier alpha value is -4.36. The molecule has 0 amide bonds. The highest BCUT2D eigenvalue weighted by Gasteiger charge is 2.26. The van der Waals surface area contributed by atoms with Gasteiger partial charge in [-0.25, -0.2) is 0 Å². The highest BCUT2D eigenvalue weighted by atomic mass is 79.9. The Bertz CT molecular complexity index is 2330. The van der Waals surface area contributed by atoms with Crippen LogP contribution in [0.1, 0.15) is 67.2 Å². The predicted molar refractivity (Wildman–Crippen MR) is 236 cm³/mol. The summed E-state index contributed by atoms with van der Waals surface area (Å²) in [4.78, 5) is 26.6. The molecule has 0 aliphatic rings. The van der Waals surface area contributed by atoms with Crippen LogP contribution in [0, 0.1) is 11.8 Å². The number of unbranched alkanes of at least 4 members (excludes halogenated alkanes) is 2. The minimum atomic E-state index is -0.457. The number of phenolic OH excluding ortho intramolecular Hbond substituents is 2. The van der Waals surface area contributed by atoms with Crippen LogP contribution in [0.2, 0.25) is 0 Å². The zero-order valence-corrected chi connectivity index (χ0v) is 36.9. The first-order valence-electron chi connectivity index (χ1n) is 19.9. The summed E-state index contributed by atoms with van der Waals surface area (Å²) in [5, 5.41) is 29.1. The topological polar surface area (TPSA) is 130 Å². The molecule has 308 valence electrons. The lowest BCUT2D eigenvalue weighted by atomic mass is 9.89. The Morgan fingerprint density at radius 1 is 0.534 bits per heavy atom. The molecular formula is C46H50Br2O10. The largest absolute Gasteiger partial charge is 0.506 e. The van der Waals surface area contributed by atoms with Gasteiger partial charge in [-0.05, 0) is 91.9 Å². The average molecular weight is 923 g/mol. The SMILES string of the molecule is CCCCOCCOc1cc2c(O)c(Br)cc(OC(=O)C(C)C)c2c2c1ccc1ccc3c(OCCOCCCC)cc4c(O)c(Br)cc(OC(=O)C(C)C)c4c3c12. The Morgan fingerprint density at radius 2 is 0.948 bits per heavy atom. The van der Waals surface area contributed by atoms with E-state index in [2.05, 4.69) is 45.7 Å². The van der Waals surface area contributed by atoms with Gasteiger partial charge in [0.15, 0.2) is 0 Å². The molecule has 0 aliphatic carbocycles. The molecule has 0 atom stereocenters. The lowest BCUT2D eigenvalue weighted by Crippen LogP contribution is -2.15. The number of hydrogen-bond donors (Lipinski definition) is 2. The average Bonchev–Trinajstić information content (AvgIpc) is 3.20. The van der Waals surface area contributed by atoms with Crippen LogP contribution in [0.5, 0.6) is 34.5 Å². The van der Waals surface area contributed by atoms with E-state index in [1.165, 1.54) is 0 Å². The molecule has 0 spiro atoms. The molecule has 6 aromatic rings. The van der Waals surface area contributed by atoms with E-state index in [0.29, 0.717) is 95.3 Å². The minimum Gasteiger partial charge on any atom is -0.506 e. The number of hydrogen-bond acceptors (Lipinski definition) is 10. The molecule has 12 heteroatoms. The van der Waals surface area contributed by atoms with Gasteiger partial charge in [0, 0.05) is 56.3 Å². The smallest absolute Gasteiger partial charge is 0.313 e. The third kappa shape index (κ3) is 8.95. The highest BCUT2D eigenvalue weighted by molar-refractivity contribution is 9.11. The van der Waals surface area contributed by atoms with Crippen LogP contribution >= 0.6 is 31.9 Å². The van der Waals surface area contributed by atoms with E-state index < -0.39 is 23.8 Å². The van der Waals surface area contributed by atoms with E-state index in [4.69, 9.17) is 28.4 Å². The molecule has 0 unspecified atom stereocenters. The number of carbonyl (C=O) groups is 2. The van der Waals surface area contributed by atoms with Crippen LogP contribution in [-0.4, -0.2) is 61.8 Å². The second kappa shape index (κ2) is 19.1. The van der Waals surface area contributed by atoms with Crippen molar-refractivity contribution in [3.8, 4) is 34.5 Å². The number of halogens is 2. The number of carbonyl (C=O) groups excluding carboxylic acids is 2. The molecule has 0 saturated heterocycles. The number of rotatable bonds is 18. The summed E-state index contributed by atoms with van der Waals surface area (Å²) in [6.45, 7) is 13.6. The first-order chi connectivity index (χ1) is 27.9. The maximum Gasteiger partial charge on any atom is 0.313 e. The van der Waals surface area contributed by atoms with Gasteiger partial charge >= 0.3 is 11.9 Å². The van der Waals surface area contributed by atoms with E-state index in [0.717, 1.165) is 31.1 Å². The van der Waals surface area contributed by atoms with E-state index in [1.54, 1.807) is 52.0 Å². The van der Waals surface area contributed by atoms with Crippen molar-refractivity contribution in [2.24, 2.45) is 11.8 Å². The fourth-order valence-corrected chi connectivity index (χ4v) is 7.65. The standard InChI is InChI=1S/C46H50Br2O10/c1-7-9-15-53-17-19-55-34-21-30-39(36(23-32(47)43(30)49)57-45(51)25(3)4)41-28(34)13-11-27-12-14-29-35(56-20-18-54-16-10-8-2)22-31-40(42(29)38(27)41)37(24-33(48)44(31)50)58-46(52)26(5)6/h11-14,21-26,49-50H,7-10,15-20H2,1-6H3. The number of phenols is 2. The Kier molecular flexibility index (Phi) is 14.3. The Morgan fingerprint density at radius 3 is 1.33 bits per heavy atom. The minimum absolute atomic E-state index is 0.0763. The normalized spacial score (nSPS) is 11.8. The van der Waals surface area contributed by atoms with Gasteiger partial charge in [-0.1, -0.05) is 66.5 Å². The van der Waals surface area contributed by atoms with Gasteiger partial charge in [0.2, 0.25) is 0 Å². The fraction of sp³-hybridized carbons (Fsp3) is 0.391. The molecule has 0 heterocycles. The molecule has 2 N–H and O–H groups in total. The fourth-order valence-electron chi connectivity index (χ4n) is 6.80. The van der Waals surface area contributed by atoms with Crippen molar-refractivity contribution in [3.63, 3.8) is 0 Å². The molecule has 0 aliphatic heterocycles. The van der Waals surface area contributed by atoms with E-state index in [9.17, 15) is 19.8 Å². The number of benzene rings is 6. The van der Waals surface area contributed by atoms with E-state index >= 15 is 0 Å². The van der Waals surface area contributed by atoms with Gasteiger partial charge in [0.1, 0.15) is 47.7 Å². The van der Waals surface area contributed by atoms with E-state index in [-0.39, 0.29) is 36.2 Å². The third-order valence-electron chi connectivity index (χ3n) is 9.90. The number of aromatic hydroxyl groups is 2. The monoisotopic (exact) mass is 920 g/mol. The van der Waals surface area contributed by atoms with Crippen LogP contribution < -0.4 is 18.9 Å². The Labute approximate surface area is 354 Å². The van der Waals surface area contributed by atoms with Crippen molar-refractivity contribution in [2.45, 2.75) is 67.2 Å². The van der Waals surface area contributed by atoms with Gasteiger partial charge in [0.25, 0.3) is 0 Å². The van der Waals surface area contributed by atoms with Gasteiger partial charge in [-0.3, -0.25) is 9.59 Å². The van der Waals surface area contributed by atoms with Crippen molar-refractivity contribution in [3.05, 3.63) is 57.5 Å². The highest BCUT2D eigenvalue weighted by Crippen LogP contribution is 2.52.